The van der Waals surface area contributed by atoms with Crippen LogP contribution in [0.2, 0.25) is 0 Å². The number of anilines is 1. The van der Waals surface area contributed by atoms with Crippen LogP contribution in [0.3, 0.4) is 0 Å². The van der Waals surface area contributed by atoms with Crippen molar-refractivity contribution >= 4 is 44.8 Å². The van der Waals surface area contributed by atoms with Crippen molar-refractivity contribution in [3.05, 3.63) is 29.3 Å². The van der Waals surface area contributed by atoms with Crippen LogP contribution in [-0.2, 0) is 26.0 Å². The Morgan fingerprint density at radius 2 is 2.03 bits per heavy atom. The van der Waals surface area contributed by atoms with E-state index in [9.17, 15) is 18.0 Å². The van der Waals surface area contributed by atoms with E-state index in [-0.39, 0.29) is 41.9 Å². The number of hydrogen-bond donors (Lipinski definition) is 1. The van der Waals surface area contributed by atoms with Gasteiger partial charge in [-0.3, -0.25) is 14.5 Å². The van der Waals surface area contributed by atoms with Gasteiger partial charge in [-0.25, -0.2) is 13.4 Å². The van der Waals surface area contributed by atoms with Crippen molar-refractivity contribution in [1.29, 1.82) is 0 Å². The molecule has 2 fully saturated rings. The Morgan fingerprint density at radius 1 is 1.26 bits per heavy atom. The summed E-state index contributed by atoms with van der Waals surface area (Å²) >= 11 is 1.99. The van der Waals surface area contributed by atoms with Crippen LogP contribution in [0.4, 0.5) is 5.69 Å². The van der Waals surface area contributed by atoms with Crippen molar-refractivity contribution in [1.82, 2.24) is 9.91 Å². The van der Waals surface area contributed by atoms with Crippen molar-refractivity contribution in [2.45, 2.75) is 38.8 Å². The van der Waals surface area contributed by atoms with Gasteiger partial charge in [-0.15, -0.1) is 0 Å². The van der Waals surface area contributed by atoms with E-state index >= 15 is 0 Å². The highest BCUT2D eigenvalue weighted by molar-refractivity contribution is 7.99. The lowest BCUT2D eigenvalue weighted by Crippen LogP contribution is -2.42. The minimum absolute atomic E-state index is 0.0559. The van der Waals surface area contributed by atoms with E-state index in [1.54, 1.807) is 0 Å². The van der Waals surface area contributed by atoms with Crippen LogP contribution in [-0.4, -0.2) is 78.0 Å². The predicted molar refractivity (Wildman–Crippen MR) is 123 cm³/mol. The molecule has 8 nitrogen and oxygen atoms in total. The number of nitrogens with one attached hydrogen (secondary N) is 1. The number of amides is 2. The first-order chi connectivity index (χ1) is 14.8. The number of hydrogen-bond acceptors (Lipinski definition) is 7. The van der Waals surface area contributed by atoms with E-state index in [4.69, 9.17) is 0 Å². The number of hydrazone groups is 1. The van der Waals surface area contributed by atoms with Gasteiger partial charge in [0.15, 0.2) is 9.84 Å². The number of sulfone groups is 1. The number of rotatable bonds is 5. The van der Waals surface area contributed by atoms with E-state index < -0.39 is 15.9 Å². The minimum atomic E-state index is -3.14. The van der Waals surface area contributed by atoms with Gasteiger partial charge >= 0.3 is 0 Å². The molecular formula is C21H28N4O4S2. The molecular weight excluding hydrogens is 436 g/mol. The van der Waals surface area contributed by atoms with Crippen LogP contribution in [0.1, 0.15) is 30.4 Å². The average Bonchev–Trinajstić information content (AvgIpc) is 3.10. The van der Waals surface area contributed by atoms with Gasteiger partial charge < -0.3 is 5.32 Å². The molecule has 10 heteroatoms. The third-order valence-corrected chi connectivity index (χ3v) is 8.62. The third kappa shape index (κ3) is 5.48. The summed E-state index contributed by atoms with van der Waals surface area (Å²) in [6, 6.07) is 5.57. The molecule has 2 amide bonds. The van der Waals surface area contributed by atoms with Crippen molar-refractivity contribution < 1.29 is 18.0 Å². The van der Waals surface area contributed by atoms with Crippen LogP contribution in [0.25, 0.3) is 0 Å². The normalized spacial score (nSPS) is 24.2. The molecule has 31 heavy (non-hydrogen) atoms. The zero-order valence-corrected chi connectivity index (χ0v) is 19.3. The zero-order valence-electron chi connectivity index (χ0n) is 17.7. The Bertz CT molecular complexity index is 1000. The van der Waals surface area contributed by atoms with Crippen LogP contribution >= 0.6 is 11.8 Å². The number of nitrogens with zero attached hydrogens (tertiary/aromatic N) is 3. The van der Waals surface area contributed by atoms with E-state index in [0.29, 0.717) is 6.42 Å². The number of carbonyl (C=O) groups is 2. The molecule has 1 aromatic carbocycles. The molecule has 3 aliphatic rings. The first-order valence-corrected chi connectivity index (χ1v) is 13.6. The first-order valence-electron chi connectivity index (χ1n) is 10.6. The number of carbonyl (C=O) groups excluding carboxylic acids is 2. The standard InChI is InChI=1S/C21H28N4O4S2/c1-15-12-16(13-24-7-9-30-10-8-24)2-3-18(15)22-21(27)19-4-5-20(26)25(23-19)17-6-11-31(28,29)14-17/h2-3,12,17H,4-11,13-14H2,1H3,(H,22,27). The average molecular weight is 465 g/mol. The van der Waals surface area contributed by atoms with Gasteiger partial charge in [-0.05, 0) is 30.5 Å². The maximum Gasteiger partial charge on any atom is 0.271 e. The van der Waals surface area contributed by atoms with Gasteiger partial charge in [0.05, 0.1) is 17.5 Å². The summed E-state index contributed by atoms with van der Waals surface area (Å²) in [7, 11) is -3.14. The summed E-state index contributed by atoms with van der Waals surface area (Å²) in [4.78, 5) is 27.5. The van der Waals surface area contributed by atoms with E-state index in [2.05, 4.69) is 21.4 Å². The lowest BCUT2D eigenvalue weighted by atomic mass is 10.1. The Morgan fingerprint density at radius 3 is 2.71 bits per heavy atom. The Labute approximate surface area is 187 Å². The Hall–Kier alpha value is -1.91. The minimum Gasteiger partial charge on any atom is -0.321 e. The largest absolute Gasteiger partial charge is 0.321 e. The van der Waals surface area contributed by atoms with Crippen LogP contribution < -0.4 is 5.32 Å². The molecule has 0 bridgehead atoms. The maximum atomic E-state index is 12.8. The second-order valence-electron chi connectivity index (χ2n) is 8.33. The summed E-state index contributed by atoms with van der Waals surface area (Å²) in [6.45, 7) is 5.07. The fourth-order valence-corrected chi connectivity index (χ4v) is 6.84. The summed E-state index contributed by atoms with van der Waals surface area (Å²) in [6.07, 6.45) is 0.780. The third-order valence-electron chi connectivity index (χ3n) is 5.92. The molecule has 0 saturated carbocycles. The molecule has 0 radical (unpaired) electrons. The quantitative estimate of drug-likeness (QED) is 0.711. The summed E-state index contributed by atoms with van der Waals surface area (Å²) in [5, 5.41) is 8.37. The van der Waals surface area contributed by atoms with Crippen LogP contribution in [0.15, 0.2) is 23.3 Å². The molecule has 1 unspecified atom stereocenters. The molecule has 1 aromatic rings. The van der Waals surface area contributed by atoms with Crippen LogP contribution in [0.5, 0.6) is 0 Å². The summed E-state index contributed by atoms with van der Waals surface area (Å²) in [5.41, 5.74) is 3.18. The predicted octanol–water partition coefficient (Wildman–Crippen LogP) is 1.65. The number of benzene rings is 1. The number of thioether (sulfide) groups is 1. The molecule has 168 valence electrons. The molecule has 1 atom stereocenters. The second-order valence-corrected chi connectivity index (χ2v) is 11.8. The molecule has 0 aromatic heterocycles. The van der Waals surface area contributed by atoms with Gasteiger partial charge in [0, 0.05) is 49.7 Å². The van der Waals surface area contributed by atoms with Crippen molar-refractivity contribution in [3.8, 4) is 0 Å². The maximum absolute atomic E-state index is 12.8. The fraction of sp³-hybridized carbons (Fsp3) is 0.571. The highest BCUT2D eigenvalue weighted by Crippen LogP contribution is 2.23. The SMILES string of the molecule is Cc1cc(CN2CCSCC2)ccc1NC(=O)C1=NN(C2CCS(=O)(=O)C2)C(=O)CC1. The highest BCUT2D eigenvalue weighted by atomic mass is 32.2. The van der Waals surface area contributed by atoms with Crippen molar-refractivity contribution in [2.75, 3.05) is 41.4 Å². The Balaban J connectivity index is 1.42. The fourth-order valence-electron chi connectivity index (χ4n) is 4.16. The highest BCUT2D eigenvalue weighted by Gasteiger charge is 2.37. The van der Waals surface area contributed by atoms with E-state index in [0.717, 1.165) is 30.9 Å². The van der Waals surface area contributed by atoms with Crippen molar-refractivity contribution in [2.24, 2.45) is 5.10 Å². The van der Waals surface area contributed by atoms with Gasteiger partial charge in [0.25, 0.3) is 5.91 Å². The molecule has 0 aliphatic carbocycles. The van der Waals surface area contributed by atoms with E-state index in [1.807, 2.05) is 30.8 Å². The lowest BCUT2D eigenvalue weighted by molar-refractivity contribution is -0.133. The van der Waals surface area contributed by atoms with Gasteiger partial charge in [0.2, 0.25) is 5.91 Å². The smallest absolute Gasteiger partial charge is 0.271 e. The first kappa shape index (κ1) is 22.3. The topological polar surface area (TPSA) is 99.2 Å². The molecule has 4 rings (SSSR count). The Kier molecular flexibility index (Phi) is 6.68. The number of aryl methyl sites for hydroxylation is 1. The zero-order chi connectivity index (χ0) is 22.0. The van der Waals surface area contributed by atoms with E-state index in [1.165, 1.54) is 22.1 Å². The van der Waals surface area contributed by atoms with Gasteiger partial charge in [-0.2, -0.15) is 16.9 Å². The van der Waals surface area contributed by atoms with Crippen molar-refractivity contribution in [3.63, 3.8) is 0 Å². The van der Waals surface area contributed by atoms with Crippen LogP contribution in [0, 0.1) is 6.92 Å². The lowest BCUT2D eigenvalue weighted by Gasteiger charge is -2.27. The molecule has 1 N–H and O–H groups in total. The molecule has 3 heterocycles. The molecule has 3 aliphatic heterocycles. The monoisotopic (exact) mass is 464 g/mol. The summed E-state index contributed by atoms with van der Waals surface area (Å²) in [5.74, 6) is 1.73. The van der Waals surface area contributed by atoms with Gasteiger partial charge in [-0.1, -0.05) is 12.1 Å². The molecule has 0 spiro atoms. The molecule has 2 saturated heterocycles. The second kappa shape index (κ2) is 9.30. The summed E-state index contributed by atoms with van der Waals surface area (Å²) < 4.78 is 23.5. The van der Waals surface area contributed by atoms with Gasteiger partial charge in [0.1, 0.15) is 5.71 Å².